The summed E-state index contributed by atoms with van der Waals surface area (Å²) in [5.74, 6) is 1.35. The zero-order chi connectivity index (χ0) is 19.6. The number of nitrogens with zero attached hydrogens (tertiary/aromatic N) is 2. The van der Waals surface area contributed by atoms with Crippen LogP contribution >= 0.6 is 11.8 Å². The lowest BCUT2D eigenvalue weighted by molar-refractivity contribution is 0.376. The van der Waals surface area contributed by atoms with E-state index in [1.807, 2.05) is 18.2 Å². The van der Waals surface area contributed by atoms with Crippen molar-refractivity contribution in [3.8, 4) is 17.2 Å². The first kappa shape index (κ1) is 18.6. The van der Waals surface area contributed by atoms with Crippen LogP contribution in [0.3, 0.4) is 0 Å². The highest BCUT2D eigenvalue weighted by Gasteiger charge is 2.13. The largest absolute Gasteiger partial charge is 0.495 e. The zero-order valence-electron chi connectivity index (χ0n) is 14.9. The molecule has 0 aliphatic heterocycles. The van der Waals surface area contributed by atoms with Gasteiger partial charge in [-0.1, -0.05) is 17.8 Å². The fourth-order valence-electron chi connectivity index (χ4n) is 2.48. The number of rotatable bonds is 5. The standard InChI is InChI=1S/C18H17N3O5S/c1-20-16(22)19-17(23)21(18(20)24)11-7-9-12(10-8-11)27-15-13(25-2)5-4-6-14(15)26-3/h4-10H,1-3H3,(H,19,22,23). The van der Waals surface area contributed by atoms with E-state index in [0.717, 1.165) is 18.9 Å². The van der Waals surface area contributed by atoms with Crippen LogP contribution in [-0.2, 0) is 7.05 Å². The monoisotopic (exact) mass is 387 g/mol. The average Bonchev–Trinajstić information content (AvgIpc) is 2.67. The summed E-state index contributed by atoms with van der Waals surface area (Å²) in [4.78, 5) is 39.5. The molecule has 0 amide bonds. The summed E-state index contributed by atoms with van der Waals surface area (Å²) in [6, 6.07) is 12.3. The Labute approximate surface area is 158 Å². The molecule has 1 heterocycles. The molecule has 140 valence electrons. The summed E-state index contributed by atoms with van der Waals surface area (Å²) in [6.45, 7) is 0. The van der Waals surface area contributed by atoms with Gasteiger partial charge in [-0.15, -0.1) is 0 Å². The summed E-state index contributed by atoms with van der Waals surface area (Å²) in [6.07, 6.45) is 0. The Morgan fingerprint density at radius 3 is 2.04 bits per heavy atom. The quantitative estimate of drug-likeness (QED) is 0.711. The van der Waals surface area contributed by atoms with Gasteiger partial charge in [0.15, 0.2) is 0 Å². The van der Waals surface area contributed by atoms with Gasteiger partial charge in [0.2, 0.25) is 0 Å². The minimum Gasteiger partial charge on any atom is -0.495 e. The number of methoxy groups -OCH3 is 2. The highest BCUT2D eigenvalue weighted by molar-refractivity contribution is 7.99. The van der Waals surface area contributed by atoms with Crippen molar-refractivity contribution >= 4 is 11.8 Å². The van der Waals surface area contributed by atoms with Gasteiger partial charge in [-0.05, 0) is 36.4 Å². The smallest absolute Gasteiger partial charge is 0.340 e. The molecular formula is C18H17N3O5S. The van der Waals surface area contributed by atoms with Crippen LogP contribution in [0, 0.1) is 0 Å². The van der Waals surface area contributed by atoms with Crippen LogP contribution in [0.2, 0.25) is 0 Å². The molecule has 3 aromatic rings. The third kappa shape index (κ3) is 3.54. The van der Waals surface area contributed by atoms with Crippen molar-refractivity contribution in [3.05, 3.63) is 73.9 Å². The first-order valence-electron chi connectivity index (χ1n) is 7.88. The molecule has 2 aromatic carbocycles. The first-order valence-corrected chi connectivity index (χ1v) is 8.69. The molecule has 1 aromatic heterocycles. The predicted octanol–water partition coefficient (Wildman–Crippen LogP) is 1.39. The van der Waals surface area contributed by atoms with Crippen molar-refractivity contribution in [1.29, 1.82) is 0 Å². The molecule has 0 saturated heterocycles. The fourth-order valence-corrected chi connectivity index (χ4v) is 3.49. The minimum absolute atomic E-state index is 0.355. The number of aromatic nitrogens is 3. The van der Waals surface area contributed by atoms with E-state index in [2.05, 4.69) is 4.98 Å². The Morgan fingerprint density at radius 1 is 0.889 bits per heavy atom. The topological polar surface area (TPSA) is 95.3 Å². The van der Waals surface area contributed by atoms with Gasteiger partial charge < -0.3 is 9.47 Å². The number of ether oxygens (including phenoxy) is 2. The van der Waals surface area contributed by atoms with E-state index in [0.29, 0.717) is 17.2 Å². The number of hydrogen-bond donors (Lipinski definition) is 1. The second-order valence-electron chi connectivity index (χ2n) is 5.50. The summed E-state index contributed by atoms with van der Waals surface area (Å²) in [7, 11) is 4.47. The van der Waals surface area contributed by atoms with Gasteiger partial charge in [-0.3, -0.25) is 4.98 Å². The molecule has 0 spiro atoms. The van der Waals surface area contributed by atoms with E-state index in [1.165, 1.54) is 18.8 Å². The normalized spacial score (nSPS) is 10.6. The van der Waals surface area contributed by atoms with Crippen molar-refractivity contribution in [3.63, 3.8) is 0 Å². The molecule has 0 fully saturated rings. The Kier molecular flexibility index (Phi) is 5.22. The van der Waals surface area contributed by atoms with Crippen molar-refractivity contribution < 1.29 is 9.47 Å². The van der Waals surface area contributed by atoms with E-state index >= 15 is 0 Å². The van der Waals surface area contributed by atoms with Gasteiger partial charge in [0.25, 0.3) is 0 Å². The summed E-state index contributed by atoms with van der Waals surface area (Å²) < 4.78 is 12.5. The van der Waals surface area contributed by atoms with E-state index in [9.17, 15) is 14.4 Å². The van der Waals surface area contributed by atoms with Crippen LogP contribution in [-0.4, -0.2) is 28.3 Å². The van der Waals surface area contributed by atoms with Crippen LogP contribution in [0.4, 0.5) is 0 Å². The van der Waals surface area contributed by atoms with Crippen molar-refractivity contribution in [2.75, 3.05) is 14.2 Å². The molecule has 0 atom stereocenters. The summed E-state index contributed by atoms with van der Waals surface area (Å²) >= 11 is 1.43. The second kappa shape index (κ2) is 7.58. The van der Waals surface area contributed by atoms with E-state index in [-0.39, 0.29) is 0 Å². The van der Waals surface area contributed by atoms with Gasteiger partial charge in [0.1, 0.15) is 11.5 Å². The first-order chi connectivity index (χ1) is 13.0. The molecule has 0 aliphatic rings. The van der Waals surface area contributed by atoms with Gasteiger partial charge in [0, 0.05) is 11.9 Å². The molecule has 0 unspecified atom stereocenters. The maximum atomic E-state index is 12.2. The highest BCUT2D eigenvalue weighted by Crippen LogP contribution is 2.41. The molecule has 8 nitrogen and oxygen atoms in total. The molecule has 0 radical (unpaired) electrons. The van der Waals surface area contributed by atoms with E-state index < -0.39 is 17.1 Å². The molecule has 0 bridgehead atoms. The zero-order valence-corrected chi connectivity index (χ0v) is 15.7. The van der Waals surface area contributed by atoms with Crippen LogP contribution in [0.25, 0.3) is 5.69 Å². The number of hydrogen-bond acceptors (Lipinski definition) is 6. The molecule has 9 heteroatoms. The van der Waals surface area contributed by atoms with Crippen LogP contribution in [0.1, 0.15) is 0 Å². The lowest BCUT2D eigenvalue weighted by Crippen LogP contribution is -2.47. The minimum atomic E-state index is -0.782. The predicted molar refractivity (Wildman–Crippen MR) is 102 cm³/mol. The fraction of sp³-hybridized carbons (Fsp3) is 0.167. The van der Waals surface area contributed by atoms with Gasteiger partial charge >= 0.3 is 17.1 Å². The highest BCUT2D eigenvalue weighted by atomic mass is 32.2. The summed E-state index contributed by atoms with van der Waals surface area (Å²) in [5.41, 5.74) is -1.89. The Hall–Kier alpha value is -3.20. The lowest BCUT2D eigenvalue weighted by atomic mass is 10.3. The lowest BCUT2D eigenvalue weighted by Gasteiger charge is -2.12. The van der Waals surface area contributed by atoms with Crippen LogP contribution < -0.4 is 26.5 Å². The van der Waals surface area contributed by atoms with E-state index in [4.69, 9.17) is 9.47 Å². The van der Waals surface area contributed by atoms with Crippen molar-refractivity contribution in [2.45, 2.75) is 9.79 Å². The number of aromatic amines is 1. The number of H-pyrrole nitrogens is 1. The summed E-state index contributed by atoms with van der Waals surface area (Å²) in [5, 5.41) is 0. The van der Waals surface area contributed by atoms with Gasteiger partial charge in [0.05, 0.1) is 24.8 Å². The number of nitrogens with one attached hydrogen (secondary N) is 1. The molecule has 0 aliphatic carbocycles. The molecular weight excluding hydrogens is 370 g/mol. The van der Waals surface area contributed by atoms with E-state index in [1.54, 1.807) is 38.5 Å². The Balaban J connectivity index is 1.99. The molecule has 0 saturated carbocycles. The van der Waals surface area contributed by atoms with Gasteiger partial charge in [-0.2, -0.15) is 0 Å². The van der Waals surface area contributed by atoms with Crippen LogP contribution in [0.5, 0.6) is 11.5 Å². The Bertz CT molecular complexity index is 1120. The third-order valence-electron chi connectivity index (χ3n) is 3.90. The third-order valence-corrected chi connectivity index (χ3v) is 5.01. The van der Waals surface area contributed by atoms with Crippen LogP contribution in [0.15, 0.2) is 66.6 Å². The van der Waals surface area contributed by atoms with Gasteiger partial charge in [-0.25, -0.2) is 23.5 Å². The maximum absolute atomic E-state index is 12.2. The molecule has 1 N–H and O–H groups in total. The molecule has 27 heavy (non-hydrogen) atoms. The maximum Gasteiger partial charge on any atom is 0.340 e. The Morgan fingerprint density at radius 2 is 1.48 bits per heavy atom. The SMILES string of the molecule is COc1cccc(OC)c1Sc1ccc(-n2c(=O)[nH]c(=O)n(C)c2=O)cc1. The van der Waals surface area contributed by atoms with Crippen molar-refractivity contribution in [2.24, 2.45) is 7.05 Å². The average molecular weight is 387 g/mol. The number of benzene rings is 2. The second-order valence-corrected chi connectivity index (χ2v) is 6.58. The van der Waals surface area contributed by atoms with Crippen molar-refractivity contribution in [1.82, 2.24) is 14.1 Å². The molecule has 3 rings (SSSR count).